The van der Waals surface area contributed by atoms with Crippen molar-refractivity contribution in [3.8, 4) is 0 Å². The predicted octanol–water partition coefficient (Wildman–Crippen LogP) is 4.88. The van der Waals surface area contributed by atoms with E-state index in [2.05, 4.69) is 0 Å². The Morgan fingerprint density at radius 1 is 0.735 bits per heavy atom. The Balaban J connectivity index is 1.71. The van der Waals surface area contributed by atoms with E-state index >= 15 is 0 Å². The highest BCUT2D eigenvalue weighted by molar-refractivity contribution is 7.89. The van der Waals surface area contributed by atoms with Gasteiger partial charge in [0.15, 0.2) is 5.76 Å². The van der Waals surface area contributed by atoms with Gasteiger partial charge < -0.3 is 4.74 Å². The molecule has 0 saturated carbocycles. The van der Waals surface area contributed by atoms with Crippen molar-refractivity contribution in [2.75, 3.05) is 7.05 Å². The number of nitrogens with zero attached hydrogens (tertiary/aromatic N) is 1. The summed E-state index contributed by atoms with van der Waals surface area (Å²) in [5.74, 6) is -1.36. The molecular weight excluding hydrogens is 450 g/mol. The van der Waals surface area contributed by atoms with Crippen LogP contribution >= 0.6 is 0 Å². The average molecular weight is 470 g/mol. The van der Waals surface area contributed by atoms with Gasteiger partial charge in [-0.05, 0) is 41.1 Å². The van der Waals surface area contributed by atoms with E-state index in [0.29, 0.717) is 0 Å². The van der Waals surface area contributed by atoms with Gasteiger partial charge >= 0.3 is 5.97 Å². The van der Waals surface area contributed by atoms with Crippen LogP contribution in [0.3, 0.4) is 0 Å². The van der Waals surface area contributed by atoms with E-state index in [-0.39, 0.29) is 33.0 Å². The Kier molecular flexibility index (Phi) is 5.26. The van der Waals surface area contributed by atoms with Crippen LogP contribution in [-0.2, 0) is 14.8 Å². The second-order valence-electron chi connectivity index (χ2n) is 7.79. The number of benzene rings is 4. The molecule has 0 bridgehead atoms. The number of rotatable bonds is 4. The van der Waals surface area contributed by atoms with Crippen molar-refractivity contribution in [2.24, 2.45) is 0 Å². The monoisotopic (exact) mass is 469 g/mol. The largest absolute Gasteiger partial charge is 0.420 e. The van der Waals surface area contributed by atoms with Crippen molar-refractivity contribution in [1.29, 1.82) is 0 Å². The first-order chi connectivity index (χ1) is 16.4. The van der Waals surface area contributed by atoms with Gasteiger partial charge in [-0.15, -0.1) is 0 Å². The van der Waals surface area contributed by atoms with Crippen LogP contribution in [0.5, 0.6) is 0 Å². The molecule has 0 radical (unpaired) electrons. The van der Waals surface area contributed by atoms with Crippen molar-refractivity contribution in [2.45, 2.75) is 4.90 Å². The molecule has 0 N–H and O–H groups in total. The van der Waals surface area contributed by atoms with E-state index < -0.39 is 21.8 Å². The quantitative estimate of drug-likeness (QED) is 0.314. The van der Waals surface area contributed by atoms with Crippen LogP contribution in [0.25, 0.3) is 16.5 Å². The number of sulfonamides is 1. The molecule has 0 spiro atoms. The van der Waals surface area contributed by atoms with Crippen molar-refractivity contribution >= 4 is 38.3 Å². The first kappa shape index (κ1) is 21.6. The van der Waals surface area contributed by atoms with Crippen molar-refractivity contribution in [3.05, 3.63) is 119 Å². The molecule has 0 atom stereocenters. The summed E-state index contributed by atoms with van der Waals surface area (Å²) < 4.78 is 33.1. The minimum Gasteiger partial charge on any atom is -0.420 e. The molecule has 0 aromatic heterocycles. The lowest BCUT2D eigenvalue weighted by atomic mass is 10.0. The van der Waals surface area contributed by atoms with Gasteiger partial charge in [-0.2, -0.15) is 0 Å². The highest BCUT2D eigenvalue weighted by atomic mass is 32.2. The number of likely N-dealkylation sites (N-methyl/N-ethyl adjacent to an activating group) is 1. The molecule has 1 heterocycles. The summed E-state index contributed by atoms with van der Waals surface area (Å²) in [7, 11) is -2.75. The SMILES string of the molecule is CN1C(C(=O)c2ccc3ccccc3c2)=C(OC(=O)c2ccccc2)c2ccccc2S1(=O)=O. The lowest BCUT2D eigenvalue weighted by molar-refractivity contribution is 0.0686. The zero-order valence-electron chi connectivity index (χ0n) is 18.1. The number of hydrogen-bond donors (Lipinski definition) is 0. The van der Waals surface area contributed by atoms with Gasteiger partial charge in [-0.25, -0.2) is 13.2 Å². The Bertz CT molecular complexity index is 1590. The van der Waals surface area contributed by atoms with Gasteiger partial charge in [-0.1, -0.05) is 66.7 Å². The van der Waals surface area contributed by atoms with Crippen LogP contribution in [0.4, 0.5) is 0 Å². The molecule has 1 aliphatic heterocycles. The number of allylic oxidation sites excluding steroid dienone is 1. The van der Waals surface area contributed by atoms with Crippen LogP contribution in [0.15, 0.2) is 108 Å². The number of ether oxygens (including phenoxy) is 1. The van der Waals surface area contributed by atoms with Crippen molar-refractivity contribution in [1.82, 2.24) is 4.31 Å². The maximum Gasteiger partial charge on any atom is 0.343 e. The summed E-state index contributed by atoms with van der Waals surface area (Å²) in [6, 6.07) is 27.2. The molecule has 6 nitrogen and oxygen atoms in total. The van der Waals surface area contributed by atoms with Crippen LogP contribution in [-0.4, -0.2) is 31.5 Å². The molecular formula is C27H19NO5S. The molecule has 5 rings (SSSR count). The Morgan fingerprint density at radius 2 is 1.38 bits per heavy atom. The second kappa shape index (κ2) is 8.28. The van der Waals surface area contributed by atoms with Crippen LogP contribution in [0.2, 0.25) is 0 Å². The summed E-state index contributed by atoms with van der Waals surface area (Å²) in [5.41, 5.74) is 0.497. The molecule has 0 unspecified atom stereocenters. The number of esters is 1. The Hall–Kier alpha value is -4.23. The van der Waals surface area contributed by atoms with Gasteiger partial charge in [0, 0.05) is 18.2 Å². The lowest BCUT2D eigenvalue weighted by Crippen LogP contribution is -2.36. The molecule has 1 aliphatic rings. The normalized spacial score (nSPS) is 14.6. The molecule has 0 saturated heterocycles. The smallest absolute Gasteiger partial charge is 0.343 e. The maximum absolute atomic E-state index is 13.7. The molecule has 0 fully saturated rings. The van der Waals surface area contributed by atoms with Gasteiger partial charge in [0.05, 0.1) is 10.5 Å². The molecule has 168 valence electrons. The summed E-state index contributed by atoms with van der Waals surface area (Å²) in [6.07, 6.45) is 0. The fraction of sp³-hybridized carbons (Fsp3) is 0.0370. The van der Waals surface area contributed by atoms with Gasteiger partial charge in [0.1, 0.15) is 5.70 Å². The third-order valence-corrected chi connectivity index (χ3v) is 7.55. The summed E-state index contributed by atoms with van der Waals surface area (Å²) >= 11 is 0. The average Bonchev–Trinajstić information content (AvgIpc) is 2.87. The van der Waals surface area contributed by atoms with Crippen LogP contribution in [0, 0.1) is 0 Å². The Labute approximate surface area is 196 Å². The van der Waals surface area contributed by atoms with Crippen LogP contribution in [0.1, 0.15) is 26.3 Å². The molecule has 0 aliphatic carbocycles. The number of Topliss-reactive ketones (excluding diaryl/α,β-unsaturated/α-hetero) is 1. The highest BCUT2D eigenvalue weighted by Gasteiger charge is 2.39. The number of carbonyl (C=O) groups excluding carboxylic acids is 2. The second-order valence-corrected chi connectivity index (χ2v) is 9.73. The van der Waals surface area contributed by atoms with Crippen LogP contribution < -0.4 is 0 Å². The maximum atomic E-state index is 13.7. The molecule has 4 aromatic rings. The van der Waals surface area contributed by atoms with E-state index in [1.807, 2.05) is 24.3 Å². The minimum absolute atomic E-state index is 0.0385. The van der Waals surface area contributed by atoms with Gasteiger partial charge in [-0.3, -0.25) is 9.10 Å². The number of hydrogen-bond acceptors (Lipinski definition) is 5. The first-order valence-corrected chi connectivity index (χ1v) is 12.0. The molecule has 34 heavy (non-hydrogen) atoms. The zero-order chi connectivity index (χ0) is 23.9. The topological polar surface area (TPSA) is 80.8 Å². The van der Waals surface area contributed by atoms with Gasteiger partial charge in [0.25, 0.3) is 10.0 Å². The minimum atomic E-state index is -4.04. The van der Waals surface area contributed by atoms with Crippen molar-refractivity contribution in [3.63, 3.8) is 0 Å². The zero-order valence-corrected chi connectivity index (χ0v) is 19.0. The third-order valence-electron chi connectivity index (χ3n) is 5.73. The van der Waals surface area contributed by atoms with E-state index in [9.17, 15) is 18.0 Å². The fourth-order valence-electron chi connectivity index (χ4n) is 3.96. The van der Waals surface area contributed by atoms with E-state index in [1.165, 1.54) is 19.2 Å². The van der Waals surface area contributed by atoms with E-state index in [4.69, 9.17) is 4.74 Å². The number of ketones is 1. The summed E-state index contributed by atoms with van der Waals surface area (Å²) in [4.78, 5) is 26.6. The van der Waals surface area contributed by atoms with Gasteiger partial charge in [0.2, 0.25) is 5.78 Å². The first-order valence-electron chi connectivity index (χ1n) is 10.5. The highest BCUT2D eigenvalue weighted by Crippen LogP contribution is 2.38. The lowest BCUT2D eigenvalue weighted by Gasteiger charge is -2.30. The number of carbonyl (C=O) groups is 2. The summed E-state index contributed by atoms with van der Waals surface area (Å²) in [6.45, 7) is 0. The molecule has 4 aromatic carbocycles. The van der Waals surface area contributed by atoms with E-state index in [0.717, 1.165) is 15.1 Å². The number of fused-ring (bicyclic) bond motifs is 2. The molecule has 0 amide bonds. The third kappa shape index (κ3) is 3.56. The van der Waals surface area contributed by atoms with E-state index in [1.54, 1.807) is 60.7 Å². The predicted molar refractivity (Wildman–Crippen MR) is 128 cm³/mol. The van der Waals surface area contributed by atoms with Crippen molar-refractivity contribution < 1.29 is 22.7 Å². The Morgan fingerprint density at radius 3 is 2.15 bits per heavy atom. The standard InChI is InChI=1S/C27H19NO5S/c1-28-24(25(29)21-16-15-18-9-5-6-12-20(18)17-21)26(33-27(30)19-10-3-2-4-11-19)22-13-7-8-14-23(22)34(28,31)32/h2-17H,1H3. The molecule has 7 heteroatoms. The summed E-state index contributed by atoms with van der Waals surface area (Å²) in [5, 5.41) is 1.78. The fourth-order valence-corrected chi connectivity index (χ4v) is 5.35.